The van der Waals surface area contributed by atoms with Crippen molar-refractivity contribution >= 4 is 22.6 Å². The van der Waals surface area contributed by atoms with E-state index in [4.69, 9.17) is 0 Å². The summed E-state index contributed by atoms with van der Waals surface area (Å²) in [4.78, 5) is 0. The summed E-state index contributed by atoms with van der Waals surface area (Å²) in [5.41, 5.74) is 0. The highest BCUT2D eigenvalue weighted by molar-refractivity contribution is 14.1. The van der Waals surface area contributed by atoms with E-state index in [9.17, 15) is 0 Å². The summed E-state index contributed by atoms with van der Waals surface area (Å²) in [5.74, 6) is 0. The third-order valence-corrected chi connectivity index (χ3v) is 1.58. The Hall–Kier alpha value is 0.730. The molecule has 0 amide bonds. The lowest BCUT2D eigenvalue weighted by molar-refractivity contribution is 0.726. The number of hydrogen-bond acceptors (Lipinski definition) is 0. The second-order valence-electron chi connectivity index (χ2n) is 1.92. The Morgan fingerprint density at radius 2 is 2.14 bits per heavy atom. The monoisotopic (exact) mass is 212 g/mol. The Labute approximate surface area is 59.8 Å². The van der Waals surface area contributed by atoms with E-state index >= 15 is 0 Å². The van der Waals surface area contributed by atoms with Gasteiger partial charge in [0.15, 0.2) is 0 Å². The van der Waals surface area contributed by atoms with Crippen molar-refractivity contribution in [3.05, 3.63) is 0 Å². The zero-order valence-electron chi connectivity index (χ0n) is 5.08. The first kappa shape index (κ1) is 7.73. The lowest BCUT2D eigenvalue weighted by Gasteiger charge is -1.97. The van der Waals surface area contributed by atoms with Crippen LogP contribution in [0.5, 0.6) is 0 Å². The molecule has 0 nitrogen and oxygen atoms in total. The van der Waals surface area contributed by atoms with Crippen molar-refractivity contribution in [2.45, 2.75) is 37.0 Å². The summed E-state index contributed by atoms with van der Waals surface area (Å²) in [7, 11) is 0. The molecule has 0 N–H and O–H groups in total. The third kappa shape index (κ3) is 6.73. The molecule has 0 aromatic rings. The largest absolute Gasteiger partial charge is 0.0829 e. The number of halogens is 1. The van der Waals surface area contributed by atoms with Crippen molar-refractivity contribution in [3.63, 3.8) is 0 Å². The molecule has 0 rings (SSSR count). The van der Waals surface area contributed by atoms with Crippen LogP contribution in [0.1, 0.15) is 33.1 Å². The summed E-state index contributed by atoms with van der Waals surface area (Å²) in [6, 6.07) is 0. The third-order valence-electron chi connectivity index (χ3n) is 0.955. The normalized spacial score (nSPS) is 14.1. The maximum absolute atomic E-state index is 2.47. The van der Waals surface area contributed by atoms with Gasteiger partial charge in [0.25, 0.3) is 0 Å². The average molecular weight is 212 g/mol. The molecule has 0 spiro atoms. The number of alkyl halides is 1. The van der Waals surface area contributed by atoms with Gasteiger partial charge in [-0.2, -0.15) is 0 Å². The molecule has 0 aliphatic carbocycles. The van der Waals surface area contributed by atoms with Crippen molar-refractivity contribution in [1.82, 2.24) is 0 Å². The van der Waals surface area contributed by atoms with Crippen LogP contribution < -0.4 is 0 Å². The summed E-state index contributed by atoms with van der Waals surface area (Å²) < 4.78 is 0.873. The number of unbranched alkanes of at least 4 members (excludes halogenated alkanes) is 1. The summed E-state index contributed by atoms with van der Waals surface area (Å²) in [6.45, 7) is 4.50. The minimum atomic E-state index is 0.873. The highest BCUT2D eigenvalue weighted by Gasteiger charge is 1.90. The summed E-state index contributed by atoms with van der Waals surface area (Å²) in [5, 5.41) is 0. The molecular weight excluding hydrogens is 199 g/mol. The summed E-state index contributed by atoms with van der Waals surface area (Å²) in [6.07, 6.45) is 4.12. The molecule has 0 aliphatic heterocycles. The molecule has 7 heavy (non-hydrogen) atoms. The van der Waals surface area contributed by atoms with Crippen LogP contribution in [0.3, 0.4) is 0 Å². The van der Waals surface area contributed by atoms with E-state index in [0.717, 1.165) is 3.92 Å². The Kier molecular flexibility index (Phi) is 5.39. The standard InChI is InChI=1S/C6H13I/c1-3-4-5-6(2)7/h6H,3-5H2,1-2H3. The van der Waals surface area contributed by atoms with Crippen molar-refractivity contribution in [2.75, 3.05) is 0 Å². The molecule has 0 saturated carbocycles. The molecule has 0 aliphatic rings. The van der Waals surface area contributed by atoms with E-state index in [1.165, 1.54) is 19.3 Å². The first-order valence-corrected chi connectivity index (χ1v) is 4.16. The Morgan fingerprint density at radius 1 is 1.57 bits per heavy atom. The van der Waals surface area contributed by atoms with Crippen molar-refractivity contribution in [1.29, 1.82) is 0 Å². The molecule has 0 aromatic carbocycles. The van der Waals surface area contributed by atoms with Crippen LogP contribution >= 0.6 is 22.6 Å². The lowest BCUT2D eigenvalue weighted by Crippen LogP contribution is -1.86. The maximum Gasteiger partial charge on any atom is 0.00813 e. The van der Waals surface area contributed by atoms with E-state index in [1.54, 1.807) is 0 Å². The van der Waals surface area contributed by atoms with E-state index in [1.807, 2.05) is 0 Å². The van der Waals surface area contributed by atoms with Crippen LogP contribution in [-0.4, -0.2) is 3.92 Å². The molecule has 1 heteroatoms. The van der Waals surface area contributed by atoms with E-state index < -0.39 is 0 Å². The van der Waals surface area contributed by atoms with Gasteiger partial charge >= 0.3 is 0 Å². The van der Waals surface area contributed by atoms with Crippen molar-refractivity contribution < 1.29 is 0 Å². The fourth-order valence-electron chi connectivity index (χ4n) is 0.485. The zero-order chi connectivity index (χ0) is 5.70. The van der Waals surface area contributed by atoms with Crippen LogP contribution in [0, 0.1) is 0 Å². The topological polar surface area (TPSA) is 0 Å². The quantitative estimate of drug-likeness (QED) is 0.498. The van der Waals surface area contributed by atoms with Gasteiger partial charge in [0.05, 0.1) is 0 Å². The zero-order valence-corrected chi connectivity index (χ0v) is 7.23. The van der Waals surface area contributed by atoms with E-state index in [2.05, 4.69) is 36.4 Å². The Bertz CT molecular complexity index is 33.2. The minimum Gasteiger partial charge on any atom is -0.0829 e. The Morgan fingerprint density at radius 3 is 2.29 bits per heavy atom. The van der Waals surface area contributed by atoms with Gasteiger partial charge < -0.3 is 0 Å². The fourth-order valence-corrected chi connectivity index (χ4v) is 0.926. The second-order valence-corrected chi connectivity index (χ2v) is 4.05. The molecule has 1 atom stereocenters. The highest BCUT2D eigenvalue weighted by Crippen LogP contribution is 2.07. The van der Waals surface area contributed by atoms with Gasteiger partial charge in [-0.1, -0.05) is 49.3 Å². The Balaban J connectivity index is 2.68. The van der Waals surface area contributed by atoms with Gasteiger partial charge in [0.2, 0.25) is 0 Å². The highest BCUT2D eigenvalue weighted by atomic mass is 127. The van der Waals surface area contributed by atoms with Crippen molar-refractivity contribution in [2.24, 2.45) is 0 Å². The number of hydrogen-bond donors (Lipinski definition) is 0. The van der Waals surface area contributed by atoms with Gasteiger partial charge in [-0.15, -0.1) is 0 Å². The lowest BCUT2D eigenvalue weighted by atomic mass is 10.2. The molecule has 0 fully saturated rings. The predicted molar refractivity (Wildman–Crippen MR) is 43.0 cm³/mol. The smallest absolute Gasteiger partial charge is 0.00813 e. The molecule has 0 bridgehead atoms. The molecule has 0 heterocycles. The maximum atomic E-state index is 2.47. The second kappa shape index (κ2) is 4.88. The number of rotatable bonds is 3. The molecule has 1 unspecified atom stereocenters. The van der Waals surface area contributed by atoms with Crippen LogP contribution in [-0.2, 0) is 0 Å². The van der Waals surface area contributed by atoms with Crippen LogP contribution in [0.25, 0.3) is 0 Å². The predicted octanol–water partition coefficient (Wildman–Crippen LogP) is 3.00. The average Bonchev–Trinajstić information content (AvgIpc) is 1.61. The van der Waals surface area contributed by atoms with Crippen LogP contribution in [0.15, 0.2) is 0 Å². The molecule has 44 valence electrons. The molecular formula is C6H13I. The minimum absolute atomic E-state index is 0.873. The molecule has 0 aromatic heterocycles. The van der Waals surface area contributed by atoms with Crippen LogP contribution in [0.2, 0.25) is 0 Å². The van der Waals surface area contributed by atoms with Gasteiger partial charge in [-0.25, -0.2) is 0 Å². The van der Waals surface area contributed by atoms with Gasteiger partial charge in [0.1, 0.15) is 0 Å². The van der Waals surface area contributed by atoms with Gasteiger partial charge in [0, 0.05) is 3.92 Å². The van der Waals surface area contributed by atoms with Crippen molar-refractivity contribution in [3.8, 4) is 0 Å². The van der Waals surface area contributed by atoms with Gasteiger partial charge in [-0.05, 0) is 6.42 Å². The molecule has 0 saturated heterocycles. The van der Waals surface area contributed by atoms with E-state index in [-0.39, 0.29) is 0 Å². The summed E-state index contributed by atoms with van der Waals surface area (Å²) >= 11 is 2.47. The molecule has 0 radical (unpaired) electrons. The fraction of sp³-hybridized carbons (Fsp3) is 1.00. The SMILES string of the molecule is CCCCC(C)I. The van der Waals surface area contributed by atoms with Gasteiger partial charge in [-0.3, -0.25) is 0 Å². The first-order chi connectivity index (χ1) is 3.27. The van der Waals surface area contributed by atoms with E-state index in [0.29, 0.717) is 0 Å². The van der Waals surface area contributed by atoms with Crippen LogP contribution in [0.4, 0.5) is 0 Å². The first-order valence-electron chi connectivity index (χ1n) is 2.91.